The second-order valence-electron chi connectivity index (χ2n) is 11.5. The van der Waals surface area contributed by atoms with E-state index in [0.717, 1.165) is 86.4 Å². The molecule has 8 nitrogen and oxygen atoms in total. The van der Waals surface area contributed by atoms with E-state index in [9.17, 15) is 4.79 Å². The highest BCUT2D eigenvalue weighted by Crippen LogP contribution is 2.42. The number of thiophene rings is 1. The van der Waals surface area contributed by atoms with Gasteiger partial charge in [0.25, 0.3) is 0 Å². The molecule has 1 saturated heterocycles. The van der Waals surface area contributed by atoms with E-state index in [0.29, 0.717) is 6.04 Å². The van der Waals surface area contributed by atoms with E-state index in [-0.39, 0.29) is 11.8 Å². The predicted octanol–water partition coefficient (Wildman–Crippen LogP) is 4.87. The summed E-state index contributed by atoms with van der Waals surface area (Å²) in [4.78, 5) is 36.0. The van der Waals surface area contributed by atoms with Crippen molar-refractivity contribution in [1.82, 2.24) is 19.8 Å². The number of fused-ring (bicyclic) bond motifs is 4. The number of aromatic nitrogens is 2. The largest absolute Gasteiger partial charge is 0.370 e. The highest BCUT2D eigenvalue weighted by molar-refractivity contribution is 7.19. The first-order chi connectivity index (χ1) is 18.9. The van der Waals surface area contributed by atoms with Crippen LogP contribution in [0.25, 0.3) is 10.2 Å². The summed E-state index contributed by atoms with van der Waals surface area (Å²) in [5.74, 6) is 1.19. The van der Waals surface area contributed by atoms with Crippen molar-refractivity contribution in [2.24, 2.45) is 10.9 Å². The topological polar surface area (TPSA) is 77.0 Å². The van der Waals surface area contributed by atoms with E-state index >= 15 is 0 Å². The summed E-state index contributed by atoms with van der Waals surface area (Å²) < 4.78 is 0. The Morgan fingerprint density at radius 1 is 1.15 bits per heavy atom. The summed E-state index contributed by atoms with van der Waals surface area (Å²) >= 11 is 1.73. The first-order valence-electron chi connectivity index (χ1n) is 14.3. The summed E-state index contributed by atoms with van der Waals surface area (Å²) in [5, 5.41) is 4.87. The number of benzene rings is 1. The third-order valence-corrected chi connectivity index (χ3v) is 9.83. The maximum absolute atomic E-state index is 13.0. The molecule has 0 saturated carbocycles. The standard InChI is InChI=1S/C30H39N7OS/c1-5-10-36(4)30(38)19-6-7-23-26(15-19)39-29-27(23)28(32-18-33-29)34-24-13-20-16-31-17-21(20)14-25(24)37-11-8-22(9-12-37)35(2)3/h13-14,16,18-19,22H,5-12,15,17H2,1-4H3,(H,32,33,34)/t19-/m0/s1. The lowest BCUT2D eigenvalue weighted by Crippen LogP contribution is -2.42. The molecule has 206 valence electrons. The maximum atomic E-state index is 13.0. The number of carbonyl (C=O) groups excluding carboxylic acids is 1. The van der Waals surface area contributed by atoms with Gasteiger partial charge in [-0.1, -0.05) is 6.92 Å². The minimum Gasteiger partial charge on any atom is -0.370 e. The zero-order chi connectivity index (χ0) is 27.1. The second-order valence-corrected chi connectivity index (χ2v) is 12.5. The van der Waals surface area contributed by atoms with E-state index < -0.39 is 0 Å². The van der Waals surface area contributed by atoms with Gasteiger partial charge in [-0.3, -0.25) is 9.79 Å². The third kappa shape index (κ3) is 5.02. The Hall–Kier alpha value is -3.04. The quantitative estimate of drug-likeness (QED) is 0.457. The Bertz CT molecular complexity index is 1410. The molecule has 1 aromatic carbocycles. The van der Waals surface area contributed by atoms with E-state index in [2.05, 4.69) is 58.2 Å². The fourth-order valence-electron chi connectivity index (χ4n) is 6.43. The number of amides is 1. The fraction of sp³-hybridized carbons (Fsp3) is 0.533. The van der Waals surface area contributed by atoms with Gasteiger partial charge in [0.05, 0.1) is 23.3 Å². The number of aliphatic imine (C=N–C) groups is 1. The molecule has 6 rings (SSSR count). The molecule has 39 heavy (non-hydrogen) atoms. The van der Waals surface area contributed by atoms with Crippen LogP contribution < -0.4 is 10.2 Å². The number of aryl methyl sites for hydroxylation is 1. The van der Waals surface area contributed by atoms with Crippen LogP contribution in [0.15, 0.2) is 23.5 Å². The summed E-state index contributed by atoms with van der Waals surface area (Å²) in [5.41, 5.74) is 6.10. The highest BCUT2D eigenvalue weighted by Gasteiger charge is 2.31. The molecule has 1 atom stereocenters. The minimum absolute atomic E-state index is 0.0548. The van der Waals surface area contributed by atoms with Crippen molar-refractivity contribution in [2.75, 3.05) is 51.0 Å². The molecule has 9 heteroatoms. The molecule has 1 N–H and O–H groups in total. The normalized spacial score (nSPS) is 19.0. The van der Waals surface area contributed by atoms with E-state index in [1.807, 2.05) is 18.2 Å². The van der Waals surface area contributed by atoms with Gasteiger partial charge in [-0.15, -0.1) is 11.3 Å². The lowest BCUT2D eigenvalue weighted by atomic mass is 9.87. The number of nitrogens with one attached hydrogen (secondary N) is 1. The lowest BCUT2D eigenvalue weighted by molar-refractivity contribution is -0.134. The van der Waals surface area contributed by atoms with Crippen LogP contribution >= 0.6 is 11.3 Å². The molecule has 4 heterocycles. The number of carbonyl (C=O) groups is 1. The van der Waals surface area contributed by atoms with Crippen molar-refractivity contribution in [3.63, 3.8) is 0 Å². The van der Waals surface area contributed by atoms with E-state index in [1.54, 1.807) is 17.7 Å². The monoisotopic (exact) mass is 545 g/mol. The molecule has 3 aromatic rings. The minimum atomic E-state index is 0.0548. The lowest BCUT2D eigenvalue weighted by Gasteiger charge is -2.37. The molecule has 0 unspecified atom stereocenters. The maximum Gasteiger partial charge on any atom is 0.225 e. The Morgan fingerprint density at radius 3 is 2.74 bits per heavy atom. The van der Waals surface area contributed by atoms with Crippen molar-refractivity contribution in [3.8, 4) is 0 Å². The molecule has 2 aromatic heterocycles. The molecular weight excluding hydrogens is 506 g/mol. The highest BCUT2D eigenvalue weighted by atomic mass is 32.1. The van der Waals surface area contributed by atoms with Gasteiger partial charge in [0, 0.05) is 49.7 Å². The van der Waals surface area contributed by atoms with Crippen molar-refractivity contribution in [3.05, 3.63) is 40.0 Å². The average Bonchev–Trinajstić information content (AvgIpc) is 3.56. The Morgan fingerprint density at radius 2 is 1.97 bits per heavy atom. The molecular formula is C30H39N7OS. The van der Waals surface area contributed by atoms with E-state index in [1.165, 1.54) is 27.3 Å². The zero-order valence-corrected chi connectivity index (χ0v) is 24.4. The SMILES string of the molecule is CCCN(C)C(=O)[C@H]1CCc2c(sc3ncnc(Nc4cc5c(cc4N4CCC(N(C)C)CC4)CN=C5)c23)C1. The van der Waals surface area contributed by atoms with Gasteiger partial charge in [0.2, 0.25) is 5.91 Å². The van der Waals surface area contributed by atoms with Gasteiger partial charge in [-0.2, -0.15) is 0 Å². The van der Waals surface area contributed by atoms with Crippen molar-refractivity contribution in [1.29, 1.82) is 0 Å². The number of anilines is 3. The van der Waals surface area contributed by atoms with Crippen LogP contribution in [0.1, 0.15) is 54.2 Å². The van der Waals surface area contributed by atoms with Crippen LogP contribution in [0, 0.1) is 5.92 Å². The molecule has 1 fully saturated rings. The molecule has 2 aliphatic heterocycles. The third-order valence-electron chi connectivity index (χ3n) is 8.67. The van der Waals surface area contributed by atoms with Gasteiger partial charge in [0.1, 0.15) is 17.0 Å². The molecule has 0 radical (unpaired) electrons. The summed E-state index contributed by atoms with van der Waals surface area (Å²) in [6.45, 7) is 5.75. The molecule has 0 bridgehead atoms. The van der Waals surface area contributed by atoms with Gasteiger partial charge < -0.3 is 20.0 Å². The Kier molecular flexibility index (Phi) is 7.29. The Labute approximate surface area is 235 Å². The van der Waals surface area contributed by atoms with Crippen LogP contribution in [0.5, 0.6) is 0 Å². The van der Waals surface area contributed by atoms with Gasteiger partial charge in [0.15, 0.2) is 0 Å². The summed E-state index contributed by atoms with van der Waals surface area (Å²) in [6, 6.07) is 5.20. The zero-order valence-electron chi connectivity index (χ0n) is 23.5. The number of hydrogen-bond acceptors (Lipinski definition) is 8. The average molecular weight is 546 g/mol. The number of piperidine rings is 1. The van der Waals surface area contributed by atoms with Crippen molar-refractivity contribution >= 4 is 50.9 Å². The first-order valence-corrected chi connectivity index (χ1v) is 15.1. The fourth-order valence-corrected chi connectivity index (χ4v) is 7.70. The Balaban J connectivity index is 1.31. The van der Waals surface area contributed by atoms with Crippen LogP contribution in [-0.2, 0) is 24.2 Å². The number of rotatable bonds is 7. The van der Waals surface area contributed by atoms with E-state index in [4.69, 9.17) is 4.98 Å². The number of hydrogen-bond donors (Lipinski definition) is 1. The predicted molar refractivity (Wildman–Crippen MR) is 161 cm³/mol. The van der Waals surface area contributed by atoms with Crippen molar-refractivity contribution in [2.45, 2.75) is 58.0 Å². The van der Waals surface area contributed by atoms with Gasteiger partial charge in [-0.25, -0.2) is 9.97 Å². The van der Waals surface area contributed by atoms with Crippen LogP contribution in [-0.4, -0.2) is 78.7 Å². The smallest absolute Gasteiger partial charge is 0.225 e. The molecule has 3 aliphatic rings. The van der Waals surface area contributed by atoms with Crippen LogP contribution in [0.3, 0.4) is 0 Å². The van der Waals surface area contributed by atoms with Gasteiger partial charge >= 0.3 is 0 Å². The molecule has 1 aliphatic carbocycles. The molecule has 1 amide bonds. The molecule has 0 spiro atoms. The summed E-state index contributed by atoms with van der Waals surface area (Å²) in [7, 11) is 6.30. The first kappa shape index (κ1) is 26.2. The van der Waals surface area contributed by atoms with Crippen LogP contribution in [0.2, 0.25) is 0 Å². The van der Waals surface area contributed by atoms with Crippen LogP contribution in [0.4, 0.5) is 17.2 Å². The van der Waals surface area contributed by atoms with Gasteiger partial charge in [-0.05, 0) is 81.4 Å². The number of nitrogens with zero attached hydrogens (tertiary/aromatic N) is 6. The van der Waals surface area contributed by atoms with Crippen molar-refractivity contribution < 1.29 is 4.79 Å². The second kappa shape index (κ2) is 10.8. The summed E-state index contributed by atoms with van der Waals surface area (Å²) in [6.07, 6.45) is 9.50.